The summed E-state index contributed by atoms with van der Waals surface area (Å²) in [7, 11) is 1.74. The molecule has 0 atom stereocenters. The second-order valence-electron chi connectivity index (χ2n) is 5.46. The van der Waals surface area contributed by atoms with Gasteiger partial charge in [-0.3, -0.25) is 20.4 Å². The van der Waals surface area contributed by atoms with Crippen molar-refractivity contribution in [1.82, 2.24) is 35.0 Å². The highest BCUT2D eigenvalue weighted by atomic mass is 16.2. The Bertz CT molecular complexity index is 925. The van der Waals surface area contributed by atoms with Gasteiger partial charge in [0.2, 0.25) is 5.91 Å². The van der Waals surface area contributed by atoms with Crippen molar-refractivity contribution in [2.45, 2.75) is 20.3 Å². The molecule has 0 saturated carbocycles. The van der Waals surface area contributed by atoms with Gasteiger partial charge in [0, 0.05) is 24.6 Å². The fourth-order valence-electron chi connectivity index (χ4n) is 2.36. The van der Waals surface area contributed by atoms with Gasteiger partial charge in [0.15, 0.2) is 5.82 Å². The van der Waals surface area contributed by atoms with Gasteiger partial charge in [-0.05, 0) is 32.0 Å². The summed E-state index contributed by atoms with van der Waals surface area (Å²) in [5.41, 5.74) is 6.87. The van der Waals surface area contributed by atoms with E-state index < -0.39 is 11.8 Å². The topological polar surface area (TPSA) is 106 Å². The number of aryl methyl sites for hydroxylation is 3. The molecule has 9 heteroatoms. The van der Waals surface area contributed by atoms with Gasteiger partial charge in [-0.2, -0.15) is 4.98 Å². The van der Waals surface area contributed by atoms with E-state index in [1.807, 2.05) is 19.9 Å². The predicted molar refractivity (Wildman–Crippen MR) is 85.0 cm³/mol. The molecule has 3 aromatic heterocycles. The molecule has 3 heterocycles. The van der Waals surface area contributed by atoms with Crippen LogP contribution in [0.4, 0.5) is 0 Å². The fourth-order valence-corrected chi connectivity index (χ4v) is 2.36. The Balaban J connectivity index is 1.64. The fraction of sp³-hybridized carbons (Fsp3) is 0.267. The molecule has 24 heavy (non-hydrogen) atoms. The summed E-state index contributed by atoms with van der Waals surface area (Å²) in [5.74, 6) is -0.0280. The maximum atomic E-state index is 12.0. The van der Waals surface area contributed by atoms with Crippen LogP contribution in [0, 0.1) is 13.8 Å². The lowest BCUT2D eigenvalue weighted by Gasteiger charge is -2.06. The van der Waals surface area contributed by atoms with Crippen LogP contribution in [0.15, 0.2) is 24.4 Å². The number of rotatable bonds is 3. The van der Waals surface area contributed by atoms with Crippen molar-refractivity contribution < 1.29 is 9.59 Å². The highest BCUT2D eigenvalue weighted by molar-refractivity contribution is 5.94. The first kappa shape index (κ1) is 15.7. The number of aromatic nitrogens is 5. The molecule has 3 rings (SSSR count). The van der Waals surface area contributed by atoms with E-state index >= 15 is 0 Å². The summed E-state index contributed by atoms with van der Waals surface area (Å²) in [5, 5.41) is 4.25. The largest absolute Gasteiger partial charge is 0.347 e. The lowest BCUT2D eigenvalue weighted by atomic mass is 10.4. The Morgan fingerprint density at radius 1 is 1.21 bits per heavy atom. The highest BCUT2D eigenvalue weighted by Crippen LogP contribution is 2.05. The van der Waals surface area contributed by atoms with Crippen LogP contribution in [-0.2, 0) is 18.3 Å². The molecule has 0 saturated heterocycles. The van der Waals surface area contributed by atoms with Gasteiger partial charge in [0.05, 0.1) is 6.42 Å². The Kier molecular flexibility index (Phi) is 3.98. The van der Waals surface area contributed by atoms with Gasteiger partial charge in [-0.25, -0.2) is 9.50 Å². The van der Waals surface area contributed by atoms with E-state index in [1.54, 1.807) is 34.5 Å². The Hall–Kier alpha value is -3.23. The van der Waals surface area contributed by atoms with E-state index in [4.69, 9.17) is 0 Å². The molecule has 0 aliphatic heterocycles. The van der Waals surface area contributed by atoms with Crippen LogP contribution in [0.2, 0.25) is 0 Å². The Morgan fingerprint density at radius 3 is 2.71 bits per heavy atom. The number of hydrogen-bond donors (Lipinski definition) is 2. The molecule has 0 radical (unpaired) electrons. The second kappa shape index (κ2) is 6.11. The Labute approximate surface area is 137 Å². The van der Waals surface area contributed by atoms with Gasteiger partial charge >= 0.3 is 0 Å². The normalized spacial score (nSPS) is 10.8. The zero-order chi connectivity index (χ0) is 17.3. The van der Waals surface area contributed by atoms with Gasteiger partial charge in [0.25, 0.3) is 11.7 Å². The molecule has 0 aromatic carbocycles. The van der Waals surface area contributed by atoms with Crippen LogP contribution in [0.5, 0.6) is 0 Å². The smallest absolute Gasteiger partial charge is 0.286 e. The zero-order valence-electron chi connectivity index (χ0n) is 13.6. The van der Waals surface area contributed by atoms with Gasteiger partial charge in [0.1, 0.15) is 5.69 Å². The molecular formula is C15H17N7O2. The molecule has 0 spiro atoms. The summed E-state index contributed by atoms with van der Waals surface area (Å²) in [4.78, 5) is 32.4. The second-order valence-corrected chi connectivity index (χ2v) is 5.46. The third-order valence-corrected chi connectivity index (χ3v) is 3.47. The van der Waals surface area contributed by atoms with Crippen LogP contribution >= 0.6 is 0 Å². The van der Waals surface area contributed by atoms with Crippen LogP contribution in [0.1, 0.15) is 27.7 Å². The Morgan fingerprint density at radius 2 is 2.00 bits per heavy atom. The van der Waals surface area contributed by atoms with Crippen LogP contribution in [0.25, 0.3) is 5.78 Å². The van der Waals surface area contributed by atoms with Crippen LogP contribution in [0.3, 0.4) is 0 Å². The number of amides is 2. The van der Waals surface area contributed by atoms with E-state index in [2.05, 4.69) is 25.9 Å². The summed E-state index contributed by atoms with van der Waals surface area (Å²) >= 11 is 0. The molecule has 0 bridgehead atoms. The van der Waals surface area contributed by atoms with Gasteiger partial charge in [-0.15, -0.1) is 5.10 Å². The van der Waals surface area contributed by atoms with Crippen molar-refractivity contribution in [3.05, 3.63) is 47.3 Å². The number of hydrazine groups is 1. The monoisotopic (exact) mass is 327 g/mol. The average molecular weight is 327 g/mol. The van der Waals surface area contributed by atoms with Crippen LogP contribution in [-0.4, -0.2) is 36.0 Å². The lowest BCUT2D eigenvalue weighted by molar-refractivity contribution is -0.121. The molecule has 0 unspecified atom stereocenters. The number of nitrogens with one attached hydrogen (secondary N) is 2. The first-order valence-corrected chi connectivity index (χ1v) is 7.34. The molecule has 2 amide bonds. The molecule has 2 N–H and O–H groups in total. The highest BCUT2D eigenvalue weighted by Gasteiger charge is 2.13. The minimum atomic E-state index is -0.414. The molecule has 124 valence electrons. The standard InChI is InChI=1S/C15H17N7O2/c1-9-7-10(2)22-15(16-9)17-12(20-22)8-13(23)18-19-14(24)11-5-4-6-21(11)3/h4-7H,8H2,1-3H3,(H,18,23)(H,19,24). The molecular weight excluding hydrogens is 310 g/mol. The first-order valence-electron chi connectivity index (χ1n) is 7.34. The molecule has 0 aliphatic carbocycles. The van der Waals surface area contributed by atoms with E-state index in [-0.39, 0.29) is 6.42 Å². The van der Waals surface area contributed by atoms with Gasteiger partial charge < -0.3 is 4.57 Å². The summed E-state index contributed by atoms with van der Waals surface area (Å²) < 4.78 is 3.24. The van der Waals surface area contributed by atoms with Crippen LogP contribution < -0.4 is 10.9 Å². The maximum Gasteiger partial charge on any atom is 0.286 e. The van der Waals surface area contributed by atoms with Crippen molar-refractivity contribution in [3.63, 3.8) is 0 Å². The zero-order valence-corrected chi connectivity index (χ0v) is 13.6. The number of nitrogens with zero attached hydrogens (tertiary/aromatic N) is 5. The number of carbonyl (C=O) groups excluding carboxylic acids is 2. The first-order chi connectivity index (χ1) is 11.4. The van der Waals surface area contributed by atoms with E-state index in [0.29, 0.717) is 17.3 Å². The summed E-state index contributed by atoms with van der Waals surface area (Å²) in [6, 6.07) is 5.28. The molecule has 0 aliphatic rings. The quantitative estimate of drug-likeness (QED) is 0.663. The SMILES string of the molecule is Cc1cc(C)n2nc(CC(=O)NNC(=O)c3cccn3C)nc2n1. The van der Waals surface area contributed by atoms with E-state index in [0.717, 1.165) is 11.4 Å². The van der Waals surface area contributed by atoms with Crippen molar-refractivity contribution in [2.24, 2.45) is 7.05 Å². The number of fused-ring (bicyclic) bond motifs is 1. The summed E-state index contributed by atoms with van der Waals surface area (Å²) in [6.07, 6.45) is 1.68. The van der Waals surface area contributed by atoms with E-state index in [1.165, 1.54) is 0 Å². The van der Waals surface area contributed by atoms with Crippen molar-refractivity contribution >= 4 is 17.6 Å². The lowest BCUT2D eigenvalue weighted by Crippen LogP contribution is -2.43. The molecule has 9 nitrogen and oxygen atoms in total. The summed E-state index contributed by atoms with van der Waals surface area (Å²) in [6.45, 7) is 3.76. The molecule has 3 aromatic rings. The third kappa shape index (κ3) is 3.09. The van der Waals surface area contributed by atoms with E-state index in [9.17, 15) is 9.59 Å². The minimum Gasteiger partial charge on any atom is -0.347 e. The van der Waals surface area contributed by atoms with Crippen molar-refractivity contribution in [3.8, 4) is 0 Å². The number of hydrogen-bond acceptors (Lipinski definition) is 5. The maximum absolute atomic E-state index is 12.0. The third-order valence-electron chi connectivity index (χ3n) is 3.47. The van der Waals surface area contributed by atoms with Gasteiger partial charge in [-0.1, -0.05) is 0 Å². The molecule has 0 fully saturated rings. The van der Waals surface area contributed by atoms with Crippen molar-refractivity contribution in [1.29, 1.82) is 0 Å². The predicted octanol–water partition coefficient (Wildman–Crippen LogP) is 0.0833. The number of carbonyl (C=O) groups is 2. The average Bonchev–Trinajstić information content (AvgIpc) is 3.10. The minimum absolute atomic E-state index is 0.0603. The van der Waals surface area contributed by atoms with Crippen molar-refractivity contribution in [2.75, 3.05) is 0 Å².